The molecule has 3 rings (SSSR count). The van der Waals surface area contributed by atoms with Gasteiger partial charge >= 0.3 is 0 Å². The minimum atomic E-state index is 0.0618. The van der Waals surface area contributed by atoms with E-state index in [4.69, 9.17) is 0 Å². The Balaban J connectivity index is 1.79. The molecule has 0 saturated heterocycles. The first kappa shape index (κ1) is 15.3. The standard InChI is InChI=1S/C17H21N5O/c1-4-16-19-14-7-5-6-8-15(14)22(16)12-17(23)20(2)10-13-9-18-21(3)11-13/h5-9,11H,4,10,12H2,1-3H3. The Bertz CT molecular complexity index is 832. The number of nitrogens with zero attached hydrogens (tertiary/aromatic N) is 5. The molecule has 23 heavy (non-hydrogen) atoms. The first-order valence-electron chi connectivity index (χ1n) is 7.74. The Kier molecular flexibility index (Phi) is 4.14. The smallest absolute Gasteiger partial charge is 0.242 e. The van der Waals surface area contributed by atoms with E-state index in [9.17, 15) is 4.79 Å². The maximum absolute atomic E-state index is 12.6. The van der Waals surface area contributed by atoms with E-state index in [-0.39, 0.29) is 5.91 Å². The molecule has 3 aromatic rings. The number of rotatable bonds is 5. The fraction of sp³-hybridized carbons (Fsp3) is 0.353. The lowest BCUT2D eigenvalue weighted by Gasteiger charge is -2.17. The number of hydrogen-bond donors (Lipinski definition) is 0. The van der Waals surface area contributed by atoms with E-state index in [0.29, 0.717) is 13.1 Å². The third kappa shape index (κ3) is 3.11. The lowest BCUT2D eigenvalue weighted by atomic mass is 10.3. The lowest BCUT2D eigenvalue weighted by molar-refractivity contribution is -0.131. The number of fused-ring (bicyclic) bond motifs is 1. The molecular formula is C17H21N5O. The van der Waals surface area contributed by atoms with Gasteiger partial charge in [-0.25, -0.2) is 4.98 Å². The quantitative estimate of drug-likeness (QED) is 0.724. The highest BCUT2D eigenvalue weighted by Gasteiger charge is 2.15. The van der Waals surface area contributed by atoms with Gasteiger partial charge in [0.25, 0.3) is 0 Å². The van der Waals surface area contributed by atoms with Gasteiger partial charge in [-0.3, -0.25) is 9.48 Å². The van der Waals surface area contributed by atoms with Crippen LogP contribution in [-0.4, -0.2) is 37.2 Å². The van der Waals surface area contributed by atoms with Gasteiger partial charge in [-0.1, -0.05) is 19.1 Å². The van der Waals surface area contributed by atoms with Crippen LogP contribution in [0.4, 0.5) is 0 Å². The summed E-state index contributed by atoms with van der Waals surface area (Å²) in [6.45, 7) is 2.92. The zero-order valence-electron chi connectivity index (χ0n) is 13.7. The van der Waals surface area contributed by atoms with E-state index in [2.05, 4.69) is 17.0 Å². The molecule has 0 aliphatic carbocycles. The molecule has 6 heteroatoms. The second kappa shape index (κ2) is 6.24. The second-order valence-corrected chi connectivity index (χ2v) is 5.73. The Morgan fingerprint density at radius 3 is 2.78 bits per heavy atom. The minimum absolute atomic E-state index is 0.0618. The molecule has 0 N–H and O–H groups in total. The summed E-state index contributed by atoms with van der Waals surface area (Å²) in [6.07, 6.45) is 4.51. The highest BCUT2D eigenvalue weighted by atomic mass is 16.2. The number of benzene rings is 1. The number of likely N-dealkylation sites (N-methyl/N-ethyl adjacent to an activating group) is 1. The maximum Gasteiger partial charge on any atom is 0.242 e. The Morgan fingerprint density at radius 1 is 1.30 bits per heavy atom. The average molecular weight is 311 g/mol. The van der Waals surface area contributed by atoms with E-state index in [0.717, 1.165) is 28.8 Å². The average Bonchev–Trinajstić information content (AvgIpc) is 3.11. The third-order valence-corrected chi connectivity index (χ3v) is 3.95. The minimum Gasteiger partial charge on any atom is -0.340 e. The molecular weight excluding hydrogens is 290 g/mol. The van der Waals surface area contributed by atoms with Crippen LogP contribution in [0.3, 0.4) is 0 Å². The van der Waals surface area contributed by atoms with Gasteiger partial charge in [-0.05, 0) is 12.1 Å². The molecule has 0 atom stereocenters. The monoisotopic (exact) mass is 311 g/mol. The summed E-state index contributed by atoms with van der Waals surface area (Å²) in [5.74, 6) is 1.00. The van der Waals surface area contributed by atoms with Crippen molar-refractivity contribution in [1.82, 2.24) is 24.2 Å². The summed E-state index contributed by atoms with van der Waals surface area (Å²) in [5, 5.41) is 4.14. The largest absolute Gasteiger partial charge is 0.340 e. The fourth-order valence-corrected chi connectivity index (χ4v) is 2.74. The molecule has 0 aliphatic rings. The molecule has 1 amide bonds. The van der Waals surface area contributed by atoms with E-state index >= 15 is 0 Å². The zero-order chi connectivity index (χ0) is 16.4. The van der Waals surface area contributed by atoms with E-state index in [1.165, 1.54) is 0 Å². The van der Waals surface area contributed by atoms with E-state index < -0.39 is 0 Å². The SMILES string of the molecule is CCc1nc2ccccc2n1CC(=O)N(C)Cc1cnn(C)c1. The van der Waals surface area contributed by atoms with Crippen LogP contribution in [0.15, 0.2) is 36.7 Å². The van der Waals surface area contributed by atoms with E-state index in [1.54, 1.807) is 15.8 Å². The summed E-state index contributed by atoms with van der Waals surface area (Å²) in [5.41, 5.74) is 2.97. The van der Waals surface area contributed by atoms with Crippen LogP contribution in [-0.2, 0) is 31.4 Å². The van der Waals surface area contributed by atoms with Gasteiger partial charge in [0.15, 0.2) is 0 Å². The third-order valence-electron chi connectivity index (χ3n) is 3.95. The predicted octanol–water partition coefficient (Wildman–Crippen LogP) is 1.99. The van der Waals surface area contributed by atoms with Gasteiger partial charge in [0.05, 0.1) is 17.2 Å². The molecule has 0 unspecified atom stereocenters. The van der Waals surface area contributed by atoms with Gasteiger partial charge in [-0.15, -0.1) is 0 Å². The van der Waals surface area contributed by atoms with E-state index in [1.807, 2.05) is 49.1 Å². The summed E-state index contributed by atoms with van der Waals surface area (Å²) in [6, 6.07) is 7.93. The van der Waals surface area contributed by atoms with Crippen LogP contribution in [0.1, 0.15) is 18.3 Å². The Hall–Kier alpha value is -2.63. The van der Waals surface area contributed by atoms with Gasteiger partial charge < -0.3 is 9.47 Å². The van der Waals surface area contributed by atoms with Crippen LogP contribution in [0.5, 0.6) is 0 Å². The highest BCUT2D eigenvalue weighted by molar-refractivity contribution is 5.81. The van der Waals surface area contributed by atoms with Crippen molar-refractivity contribution in [2.75, 3.05) is 7.05 Å². The van der Waals surface area contributed by atoms with Crippen molar-refractivity contribution >= 4 is 16.9 Å². The number of para-hydroxylation sites is 2. The summed E-state index contributed by atoms with van der Waals surface area (Å²) >= 11 is 0. The molecule has 1 aromatic carbocycles. The van der Waals surface area contributed by atoms with Crippen molar-refractivity contribution in [3.05, 3.63) is 48.0 Å². The number of aryl methyl sites for hydroxylation is 2. The van der Waals surface area contributed by atoms with Gasteiger partial charge in [0.1, 0.15) is 12.4 Å². The molecule has 0 spiro atoms. The summed E-state index contributed by atoms with van der Waals surface area (Å²) in [4.78, 5) is 18.9. The van der Waals surface area contributed by atoms with Crippen LogP contribution < -0.4 is 0 Å². The van der Waals surface area contributed by atoms with Gasteiger partial charge in [-0.2, -0.15) is 5.10 Å². The number of imidazole rings is 1. The van der Waals surface area contributed by atoms with Crippen LogP contribution >= 0.6 is 0 Å². The number of aromatic nitrogens is 4. The van der Waals surface area contributed by atoms with Crippen LogP contribution in [0.2, 0.25) is 0 Å². The van der Waals surface area contributed by atoms with Crippen molar-refractivity contribution in [2.45, 2.75) is 26.4 Å². The summed E-state index contributed by atoms with van der Waals surface area (Å²) in [7, 11) is 3.69. The van der Waals surface area contributed by atoms with Gasteiger partial charge in [0, 0.05) is 38.8 Å². The number of hydrogen-bond acceptors (Lipinski definition) is 3. The van der Waals surface area contributed by atoms with Crippen molar-refractivity contribution in [3.8, 4) is 0 Å². The van der Waals surface area contributed by atoms with Crippen molar-refractivity contribution in [3.63, 3.8) is 0 Å². The molecule has 0 saturated carbocycles. The summed E-state index contributed by atoms with van der Waals surface area (Å²) < 4.78 is 3.75. The molecule has 2 heterocycles. The fourth-order valence-electron chi connectivity index (χ4n) is 2.74. The maximum atomic E-state index is 12.6. The topological polar surface area (TPSA) is 56.0 Å². The first-order chi connectivity index (χ1) is 11.1. The first-order valence-corrected chi connectivity index (χ1v) is 7.74. The number of amides is 1. The van der Waals surface area contributed by atoms with Crippen molar-refractivity contribution in [2.24, 2.45) is 7.05 Å². The second-order valence-electron chi connectivity index (χ2n) is 5.73. The van der Waals surface area contributed by atoms with Crippen molar-refractivity contribution in [1.29, 1.82) is 0 Å². The Morgan fingerprint density at radius 2 is 2.09 bits per heavy atom. The number of carbonyl (C=O) groups excluding carboxylic acids is 1. The molecule has 120 valence electrons. The zero-order valence-corrected chi connectivity index (χ0v) is 13.7. The van der Waals surface area contributed by atoms with Crippen molar-refractivity contribution < 1.29 is 4.79 Å². The molecule has 6 nitrogen and oxygen atoms in total. The lowest BCUT2D eigenvalue weighted by Crippen LogP contribution is -2.30. The number of carbonyl (C=O) groups is 1. The highest BCUT2D eigenvalue weighted by Crippen LogP contribution is 2.17. The normalized spacial score (nSPS) is 11.1. The molecule has 0 radical (unpaired) electrons. The van der Waals surface area contributed by atoms with Gasteiger partial charge in [0.2, 0.25) is 5.91 Å². The van der Waals surface area contributed by atoms with Crippen LogP contribution in [0, 0.1) is 0 Å². The predicted molar refractivity (Wildman–Crippen MR) is 88.8 cm³/mol. The molecule has 2 aromatic heterocycles. The molecule has 0 aliphatic heterocycles. The molecule has 0 fully saturated rings. The molecule has 0 bridgehead atoms. The Labute approximate surface area is 135 Å². The van der Waals surface area contributed by atoms with Crippen LogP contribution in [0.25, 0.3) is 11.0 Å².